The molecule has 0 aliphatic rings. The van der Waals surface area contributed by atoms with Crippen LogP contribution in [-0.4, -0.2) is 18.0 Å². The fraction of sp³-hybridized carbons (Fsp3) is 0.200. The maximum absolute atomic E-state index is 8.83. The maximum Gasteiger partial charge on any atom is 0.121 e. The average Bonchev–Trinajstić information content (AvgIpc) is 3.48. The molecule has 0 amide bonds. The molecular weight excluding hydrogens is 805 g/mol. The second kappa shape index (κ2) is 14.4. The number of aromatic nitrogens is 2. The van der Waals surface area contributed by atoms with E-state index < -0.39 is 19.9 Å². The van der Waals surface area contributed by atoms with Crippen molar-refractivity contribution in [1.29, 1.82) is 0 Å². The molecule has 0 fully saturated rings. The Morgan fingerprint density at radius 1 is 0.720 bits per heavy atom. The molecule has 3 nitrogen and oxygen atoms in total. The summed E-state index contributed by atoms with van der Waals surface area (Å²) in [6.07, 6.45) is 3.76. The third-order valence-corrected chi connectivity index (χ3v) is 11.2. The Balaban J connectivity index is 0.000000230. The van der Waals surface area contributed by atoms with Gasteiger partial charge in [0.2, 0.25) is 0 Å². The van der Waals surface area contributed by atoms with Crippen molar-refractivity contribution in [1.82, 2.24) is 9.97 Å². The number of hydrogen-bond donors (Lipinski definition) is 0. The normalized spacial score (nSPS) is 12.7. The fourth-order valence-corrected chi connectivity index (χ4v) is 7.37. The Bertz CT molecular complexity index is 2530. The van der Waals surface area contributed by atoms with Gasteiger partial charge in [0.25, 0.3) is 0 Å². The molecule has 0 aliphatic heterocycles. The van der Waals surface area contributed by atoms with E-state index >= 15 is 0 Å². The summed E-state index contributed by atoms with van der Waals surface area (Å²) in [5, 5.41) is 7.98. The molecule has 0 spiro atoms. The van der Waals surface area contributed by atoms with Gasteiger partial charge in [-0.3, -0.25) is 0 Å². The molecule has 8 rings (SSSR count). The minimum Gasteiger partial charge on any atom is -0.501 e. The number of fused-ring (bicyclic) bond motifs is 6. The van der Waals surface area contributed by atoms with E-state index in [9.17, 15) is 0 Å². The second-order valence-electron chi connectivity index (χ2n) is 14.1. The summed E-state index contributed by atoms with van der Waals surface area (Å²) in [7, 11) is -1.23. The van der Waals surface area contributed by atoms with Crippen molar-refractivity contribution in [3.63, 3.8) is 0 Å². The molecule has 0 aliphatic carbocycles. The van der Waals surface area contributed by atoms with E-state index in [1.807, 2.05) is 76.4 Å². The summed E-state index contributed by atoms with van der Waals surface area (Å²) in [4.78, 5) is 9.13. The van der Waals surface area contributed by atoms with Gasteiger partial charge in [0.05, 0.1) is 13.7 Å². The van der Waals surface area contributed by atoms with E-state index in [1.54, 1.807) is 6.20 Å². The predicted octanol–water partition coefficient (Wildman–Crippen LogP) is 12.1. The smallest absolute Gasteiger partial charge is 0.121 e. The molecule has 5 heteroatoms. The van der Waals surface area contributed by atoms with Crippen molar-refractivity contribution in [3.05, 3.63) is 139 Å². The fourth-order valence-electron chi connectivity index (χ4n) is 6.34. The third kappa shape index (κ3) is 6.96. The summed E-state index contributed by atoms with van der Waals surface area (Å²) in [5.74, 6) is -1.58. The minimum atomic E-state index is -1.23. The number of hydrogen-bond acceptors (Lipinski definition) is 3. The Morgan fingerprint density at radius 3 is 2.20 bits per heavy atom. The summed E-state index contributed by atoms with van der Waals surface area (Å²) in [6.45, 7) is 14.5. The monoisotopic (exact) mass is 849 g/mol. The average molecular weight is 849 g/mol. The Morgan fingerprint density at radius 2 is 1.50 bits per heavy atom. The van der Waals surface area contributed by atoms with Crippen molar-refractivity contribution in [3.8, 4) is 22.5 Å². The van der Waals surface area contributed by atoms with Gasteiger partial charge < -0.3 is 14.4 Å². The standard InChI is InChI=1S/C31H26NO.C14H16NSi.Ir/c1-18(2)21-13-14-32-28(16-21)25-12-11-23(19(3)4)30-27-15-22-10-9-20-7-5-6-8-24(20)26(22)17-29(27)33-31(25)30;1-16(2,3)13-9-10-14(15-11-13)12-7-5-4-6-8-12;/h5-11,13-19H,1-4H3;4-7,9-11H,1-3H3;/q2*-1;/i18D,19D;;. The molecule has 0 atom stereocenters. The SMILES string of the molecule is C[Si](C)(C)c1ccc(-c2[c-]cccc2)nc1.[2H]C(C)(C)c1ccnc(-c2[c-]cc(C([2H])(C)C)c3c2oc2cc4c(ccc5ccccc54)cc23)c1.[Ir]. The first kappa shape index (κ1) is 32.8. The topological polar surface area (TPSA) is 38.9 Å². The summed E-state index contributed by atoms with van der Waals surface area (Å²) in [6, 6.07) is 41.5. The van der Waals surface area contributed by atoms with Gasteiger partial charge in [0.15, 0.2) is 0 Å². The van der Waals surface area contributed by atoms with Crippen molar-refractivity contribution < 1.29 is 27.3 Å². The molecule has 0 unspecified atom stereocenters. The van der Waals surface area contributed by atoms with Gasteiger partial charge in [0.1, 0.15) is 5.58 Å². The van der Waals surface area contributed by atoms with E-state index in [0.717, 1.165) is 60.8 Å². The van der Waals surface area contributed by atoms with Crippen LogP contribution in [0.15, 0.2) is 120 Å². The molecule has 5 aromatic carbocycles. The molecule has 253 valence electrons. The van der Waals surface area contributed by atoms with E-state index in [1.165, 1.54) is 16.0 Å². The first-order valence-corrected chi connectivity index (χ1v) is 20.3. The van der Waals surface area contributed by atoms with Crippen LogP contribution < -0.4 is 5.19 Å². The summed E-state index contributed by atoms with van der Waals surface area (Å²) >= 11 is 0. The molecule has 0 saturated heterocycles. The van der Waals surface area contributed by atoms with Crippen LogP contribution >= 0.6 is 0 Å². The van der Waals surface area contributed by atoms with Crippen molar-refractivity contribution in [2.24, 2.45) is 0 Å². The predicted molar refractivity (Wildman–Crippen MR) is 210 cm³/mol. The minimum absolute atomic E-state index is 0. The molecule has 0 N–H and O–H groups in total. The molecule has 0 saturated carbocycles. The third-order valence-electron chi connectivity index (χ3n) is 9.16. The zero-order valence-corrected chi connectivity index (χ0v) is 33.0. The van der Waals surface area contributed by atoms with Crippen LogP contribution in [0.1, 0.15) is 53.4 Å². The zero-order chi connectivity index (χ0) is 36.1. The molecule has 3 heterocycles. The summed E-state index contributed by atoms with van der Waals surface area (Å²) in [5.41, 5.74) is 6.75. The van der Waals surface area contributed by atoms with Crippen LogP contribution in [0.25, 0.3) is 66.0 Å². The molecule has 3 aromatic heterocycles. The van der Waals surface area contributed by atoms with Crippen LogP contribution in [-0.2, 0) is 20.1 Å². The van der Waals surface area contributed by atoms with Gasteiger partial charge in [-0.1, -0.05) is 124 Å². The zero-order valence-electron chi connectivity index (χ0n) is 31.6. The Hall–Kier alpha value is -4.41. The first-order valence-electron chi connectivity index (χ1n) is 17.8. The maximum atomic E-state index is 8.83. The number of pyridine rings is 2. The second-order valence-corrected chi connectivity index (χ2v) is 19.2. The molecule has 0 bridgehead atoms. The van der Waals surface area contributed by atoms with Crippen LogP contribution in [0.3, 0.4) is 0 Å². The van der Waals surface area contributed by atoms with Crippen molar-refractivity contribution >= 4 is 56.7 Å². The van der Waals surface area contributed by atoms with Gasteiger partial charge in [-0.25, -0.2) is 0 Å². The van der Waals surface area contributed by atoms with Crippen molar-refractivity contribution in [2.45, 2.75) is 59.1 Å². The van der Waals surface area contributed by atoms with Gasteiger partial charge in [-0.15, -0.1) is 53.6 Å². The molecule has 50 heavy (non-hydrogen) atoms. The van der Waals surface area contributed by atoms with Gasteiger partial charge in [0, 0.05) is 40.6 Å². The number of nitrogens with zero attached hydrogens (tertiary/aromatic N) is 2. The van der Waals surface area contributed by atoms with Crippen LogP contribution in [0.2, 0.25) is 19.6 Å². The van der Waals surface area contributed by atoms with Crippen molar-refractivity contribution in [2.75, 3.05) is 0 Å². The number of furan rings is 1. The van der Waals surface area contributed by atoms with Gasteiger partial charge in [-0.2, -0.15) is 0 Å². The Kier molecular flexibility index (Phi) is 9.46. The summed E-state index contributed by atoms with van der Waals surface area (Å²) < 4.78 is 23.8. The number of rotatable bonds is 5. The van der Waals surface area contributed by atoms with E-state index in [0.29, 0.717) is 5.58 Å². The molecular formula is C45H42IrN2OSi-2. The van der Waals surface area contributed by atoms with Crippen LogP contribution in [0.5, 0.6) is 0 Å². The largest absolute Gasteiger partial charge is 0.501 e. The van der Waals surface area contributed by atoms with Gasteiger partial charge in [-0.05, 0) is 62.2 Å². The quantitative estimate of drug-likeness (QED) is 0.0984. The Labute approximate surface area is 313 Å². The van der Waals surface area contributed by atoms with E-state index in [-0.39, 0.29) is 20.1 Å². The molecule has 1 radical (unpaired) electrons. The van der Waals surface area contributed by atoms with Crippen LogP contribution in [0.4, 0.5) is 0 Å². The molecule has 8 aromatic rings. The number of benzene rings is 5. The van der Waals surface area contributed by atoms with Gasteiger partial charge >= 0.3 is 0 Å². The van der Waals surface area contributed by atoms with E-state index in [2.05, 4.69) is 102 Å². The van der Waals surface area contributed by atoms with Crippen LogP contribution in [0, 0.1) is 12.1 Å². The first-order chi connectivity index (χ1) is 24.2. The van der Waals surface area contributed by atoms with E-state index in [4.69, 9.17) is 7.16 Å².